The summed E-state index contributed by atoms with van der Waals surface area (Å²) in [4.78, 5) is 25.2. The molecule has 0 saturated heterocycles. The number of carbonyl (C=O) groups excluding carboxylic acids is 2. The van der Waals surface area contributed by atoms with Crippen molar-refractivity contribution in [3.8, 4) is 0 Å². The molecule has 0 atom stereocenters. The predicted molar refractivity (Wildman–Crippen MR) is 116 cm³/mol. The van der Waals surface area contributed by atoms with Crippen LogP contribution in [0.5, 0.6) is 0 Å². The molecule has 0 heterocycles. The van der Waals surface area contributed by atoms with Gasteiger partial charge in [-0.3, -0.25) is 9.59 Å². The van der Waals surface area contributed by atoms with Crippen LogP contribution in [-0.2, 0) is 6.54 Å². The zero-order chi connectivity index (χ0) is 19.2. The number of rotatable bonds is 5. The van der Waals surface area contributed by atoms with E-state index in [1.54, 1.807) is 30.3 Å². The Morgan fingerprint density at radius 3 is 2.15 bits per heavy atom. The summed E-state index contributed by atoms with van der Waals surface area (Å²) < 4.78 is 0.855. The van der Waals surface area contributed by atoms with Gasteiger partial charge in [-0.25, -0.2) is 0 Å². The minimum Gasteiger partial charge on any atom is -0.348 e. The normalized spacial score (nSPS) is 10.3. The van der Waals surface area contributed by atoms with Crippen molar-refractivity contribution in [3.05, 3.63) is 98.6 Å². The summed E-state index contributed by atoms with van der Waals surface area (Å²) >= 11 is 2.12. The van der Waals surface area contributed by atoms with Crippen LogP contribution in [0.4, 0.5) is 5.69 Å². The van der Waals surface area contributed by atoms with E-state index in [4.69, 9.17) is 0 Å². The van der Waals surface area contributed by atoms with E-state index in [1.165, 1.54) is 5.56 Å². The summed E-state index contributed by atoms with van der Waals surface area (Å²) in [6.45, 7) is 2.45. The lowest BCUT2D eigenvalue weighted by atomic mass is 10.1. The molecule has 0 bridgehead atoms. The summed E-state index contributed by atoms with van der Waals surface area (Å²) in [7, 11) is 0. The van der Waals surface area contributed by atoms with E-state index in [-0.39, 0.29) is 11.8 Å². The van der Waals surface area contributed by atoms with Crippen LogP contribution in [0.3, 0.4) is 0 Å². The van der Waals surface area contributed by atoms with E-state index in [9.17, 15) is 9.59 Å². The fourth-order valence-corrected chi connectivity index (χ4v) is 3.24. The molecule has 0 fully saturated rings. The van der Waals surface area contributed by atoms with Crippen LogP contribution in [0.2, 0.25) is 0 Å². The Labute approximate surface area is 172 Å². The van der Waals surface area contributed by atoms with Crippen molar-refractivity contribution >= 4 is 40.1 Å². The molecule has 3 aromatic carbocycles. The Bertz CT molecular complexity index is 968. The first kappa shape index (κ1) is 19.1. The molecule has 0 unspecified atom stereocenters. The third-order valence-electron chi connectivity index (χ3n) is 4.11. The molecule has 0 radical (unpaired) electrons. The first-order chi connectivity index (χ1) is 13.0. The van der Waals surface area contributed by atoms with Crippen molar-refractivity contribution in [2.75, 3.05) is 5.32 Å². The molecule has 2 amide bonds. The molecule has 0 spiro atoms. The SMILES string of the molecule is Cc1ccc(CNC(=O)c2ccccc2NC(=O)c2ccccc2I)cc1. The fourth-order valence-electron chi connectivity index (χ4n) is 2.61. The van der Waals surface area contributed by atoms with Crippen LogP contribution in [0.1, 0.15) is 31.8 Å². The number of hydrogen-bond acceptors (Lipinski definition) is 2. The van der Waals surface area contributed by atoms with Crippen LogP contribution < -0.4 is 10.6 Å². The highest BCUT2D eigenvalue weighted by atomic mass is 127. The Morgan fingerprint density at radius 1 is 0.815 bits per heavy atom. The summed E-state index contributed by atoms with van der Waals surface area (Å²) in [5.74, 6) is -0.465. The molecule has 3 rings (SSSR count). The Hall–Kier alpha value is -2.67. The number of anilines is 1. The lowest BCUT2D eigenvalue weighted by Gasteiger charge is -2.12. The number of aryl methyl sites for hydroxylation is 1. The summed E-state index contributed by atoms with van der Waals surface area (Å²) in [5, 5.41) is 5.76. The maximum Gasteiger partial charge on any atom is 0.256 e. The van der Waals surface area contributed by atoms with Crippen LogP contribution >= 0.6 is 22.6 Å². The molecular formula is C22H19IN2O2. The van der Waals surface area contributed by atoms with Gasteiger partial charge in [0.15, 0.2) is 0 Å². The number of amides is 2. The zero-order valence-corrected chi connectivity index (χ0v) is 17.0. The van der Waals surface area contributed by atoms with E-state index in [2.05, 4.69) is 33.2 Å². The van der Waals surface area contributed by atoms with Crippen molar-refractivity contribution < 1.29 is 9.59 Å². The molecule has 0 aliphatic rings. The number of para-hydroxylation sites is 1. The van der Waals surface area contributed by atoms with E-state index >= 15 is 0 Å². The molecular weight excluding hydrogens is 451 g/mol. The average molecular weight is 470 g/mol. The van der Waals surface area contributed by atoms with Crippen molar-refractivity contribution in [1.29, 1.82) is 0 Å². The summed E-state index contributed by atoms with van der Waals surface area (Å²) in [6, 6.07) is 22.3. The smallest absolute Gasteiger partial charge is 0.256 e. The number of halogens is 1. The maximum absolute atomic E-state index is 12.6. The van der Waals surface area contributed by atoms with Crippen molar-refractivity contribution in [2.24, 2.45) is 0 Å². The van der Waals surface area contributed by atoms with Gasteiger partial charge in [-0.2, -0.15) is 0 Å². The molecule has 0 saturated carbocycles. The molecule has 0 aliphatic carbocycles. The Morgan fingerprint density at radius 2 is 1.44 bits per heavy atom. The van der Waals surface area contributed by atoms with Gasteiger partial charge >= 0.3 is 0 Å². The largest absolute Gasteiger partial charge is 0.348 e. The molecule has 0 aromatic heterocycles. The van der Waals surface area contributed by atoms with Gasteiger partial charge in [-0.1, -0.05) is 54.1 Å². The number of nitrogens with one attached hydrogen (secondary N) is 2. The van der Waals surface area contributed by atoms with Crippen LogP contribution in [-0.4, -0.2) is 11.8 Å². The highest BCUT2D eigenvalue weighted by Gasteiger charge is 2.15. The zero-order valence-electron chi connectivity index (χ0n) is 14.8. The highest BCUT2D eigenvalue weighted by molar-refractivity contribution is 14.1. The van der Waals surface area contributed by atoms with Gasteiger partial charge in [-0.05, 0) is 59.3 Å². The highest BCUT2D eigenvalue weighted by Crippen LogP contribution is 2.18. The third-order valence-corrected chi connectivity index (χ3v) is 5.05. The molecule has 27 heavy (non-hydrogen) atoms. The second kappa shape index (κ2) is 8.81. The lowest BCUT2D eigenvalue weighted by molar-refractivity contribution is 0.0952. The molecule has 5 heteroatoms. The van der Waals surface area contributed by atoms with Gasteiger partial charge in [0, 0.05) is 10.1 Å². The van der Waals surface area contributed by atoms with Gasteiger partial charge in [0.2, 0.25) is 0 Å². The standard InChI is InChI=1S/C22H19IN2O2/c1-15-10-12-16(13-11-15)14-24-21(26)18-7-3-5-9-20(18)25-22(27)17-6-2-4-8-19(17)23/h2-13H,14H2,1H3,(H,24,26)(H,25,27). The summed E-state index contributed by atoms with van der Waals surface area (Å²) in [5.41, 5.74) is 3.70. The minimum absolute atomic E-state index is 0.228. The number of benzene rings is 3. The first-order valence-electron chi connectivity index (χ1n) is 8.53. The van der Waals surface area contributed by atoms with Crippen LogP contribution in [0.25, 0.3) is 0 Å². The Balaban J connectivity index is 1.73. The lowest BCUT2D eigenvalue weighted by Crippen LogP contribution is -2.25. The van der Waals surface area contributed by atoms with Crippen LogP contribution in [0, 0.1) is 10.5 Å². The summed E-state index contributed by atoms with van der Waals surface area (Å²) in [6.07, 6.45) is 0. The quantitative estimate of drug-likeness (QED) is 0.528. The van der Waals surface area contributed by atoms with Crippen molar-refractivity contribution in [1.82, 2.24) is 5.32 Å². The monoisotopic (exact) mass is 470 g/mol. The van der Waals surface area contributed by atoms with E-state index in [0.717, 1.165) is 9.13 Å². The minimum atomic E-state index is -0.237. The van der Waals surface area contributed by atoms with E-state index in [1.807, 2.05) is 49.4 Å². The van der Waals surface area contributed by atoms with Gasteiger partial charge < -0.3 is 10.6 Å². The van der Waals surface area contributed by atoms with E-state index in [0.29, 0.717) is 23.4 Å². The fraction of sp³-hybridized carbons (Fsp3) is 0.0909. The molecule has 2 N–H and O–H groups in total. The van der Waals surface area contributed by atoms with Gasteiger partial charge in [0.1, 0.15) is 0 Å². The second-order valence-corrected chi connectivity index (χ2v) is 7.31. The Kier molecular flexibility index (Phi) is 6.24. The van der Waals surface area contributed by atoms with Crippen LogP contribution in [0.15, 0.2) is 72.8 Å². The second-order valence-electron chi connectivity index (χ2n) is 6.15. The van der Waals surface area contributed by atoms with Gasteiger partial charge in [-0.15, -0.1) is 0 Å². The first-order valence-corrected chi connectivity index (χ1v) is 9.61. The predicted octanol–water partition coefficient (Wildman–Crippen LogP) is 4.78. The average Bonchev–Trinajstić information content (AvgIpc) is 2.68. The molecule has 0 aliphatic heterocycles. The number of hydrogen-bond donors (Lipinski definition) is 2. The van der Waals surface area contributed by atoms with Gasteiger partial charge in [0.25, 0.3) is 11.8 Å². The topological polar surface area (TPSA) is 58.2 Å². The third kappa shape index (κ3) is 4.95. The molecule has 4 nitrogen and oxygen atoms in total. The van der Waals surface area contributed by atoms with Crippen molar-refractivity contribution in [3.63, 3.8) is 0 Å². The van der Waals surface area contributed by atoms with E-state index < -0.39 is 0 Å². The number of carbonyl (C=O) groups is 2. The van der Waals surface area contributed by atoms with Crippen molar-refractivity contribution in [2.45, 2.75) is 13.5 Å². The molecule has 3 aromatic rings. The molecule has 136 valence electrons. The maximum atomic E-state index is 12.6. The van der Waals surface area contributed by atoms with Gasteiger partial charge in [0.05, 0.1) is 16.8 Å².